The van der Waals surface area contributed by atoms with Gasteiger partial charge in [0.05, 0.1) is 6.54 Å². The van der Waals surface area contributed by atoms with Crippen LogP contribution in [-0.4, -0.2) is 21.5 Å². The standard InChI is InChI=1S/C11H10F2N4/c12-11(13,9-4-1-2-5-14-9)8-17-10-15-6-3-7-16-10/h1-7H,8H2,(H,15,16,17). The fourth-order valence-electron chi connectivity index (χ4n) is 1.25. The zero-order valence-electron chi connectivity index (χ0n) is 8.85. The Morgan fingerprint density at radius 2 is 1.71 bits per heavy atom. The lowest BCUT2D eigenvalue weighted by Gasteiger charge is -2.15. The van der Waals surface area contributed by atoms with Crippen molar-refractivity contribution >= 4 is 5.95 Å². The third-order valence-corrected chi connectivity index (χ3v) is 2.07. The first-order chi connectivity index (χ1) is 8.18. The molecule has 88 valence electrons. The lowest BCUT2D eigenvalue weighted by atomic mass is 10.2. The molecule has 0 atom stereocenters. The van der Waals surface area contributed by atoms with Gasteiger partial charge < -0.3 is 5.32 Å². The third-order valence-electron chi connectivity index (χ3n) is 2.07. The highest BCUT2D eigenvalue weighted by molar-refractivity contribution is 5.24. The van der Waals surface area contributed by atoms with Gasteiger partial charge in [-0.05, 0) is 18.2 Å². The Kier molecular flexibility index (Phi) is 3.22. The molecular formula is C11H10F2N4. The molecule has 6 heteroatoms. The number of aromatic nitrogens is 3. The number of hydrogen-bond donors (Lipinski definition) is 1. The molecule has 0 aromatic carbocycles. The predicted octanol–water partition coefficient (Wildman–Crippen LogP) is 2.08. The van der Waals surface area contributed by atoms with Crippen molar-refractivity contribution in [2.75, 3.05) is 11.9 Å². The number of alkyl halides is 2. The first-order valence-corrected chi connectivity index (χ1v) is 4.99. The van der Waals surface area contributed by atoms with Crippen LogP contribution in [0.25, 0.3) is 0 Å². The summed E-state index contributed by atoms with van der Waals surface area (Å²) >= 11 is 0. The molecule has 0 saturated carbocycles. The predicted molar refractivity (Wildman–Crippen MR) is 58.7 cm³/mol. The van der Waals surface area contributed by atoms with E-state index in [2.05, 4.69) is 20.3 Å². The van der Waals surface area contributed by atoms with Crippen molar-refractivity contribution in [3.63, 3.8) is 0 Å². The van der Waals surface area contributed by atoms with Gasteiger partial charge in [0.2, 0.25) is 5.95 Å². The van der Waals surface area contributed by atoms with Crippen molar-refractivity contribution in [3.8, 4) is 0 Å². The number of nitrogens with one attached hydrogen (secondary N) is 1. The van der Waals surface area contributed by atoms with Crippen molar-refractivity contribution in [2.45, 2.75) is 5.92 Å². The Morgan fingerprint density at radius 1 is 1.00 bits per heavy atom. The number of anilines is 1. The fourth-order valence-corrected chi connectivity index (χ4v) is 1.25. The van der Waals surface area contributed by atoms with Gasteiger partial charge in [-0.2, -0.15) is 8.78 Å². The zero-order chi connectivity index (χ0) is 12.1. The summed E-state index contributed by atoms with van der Waals surface area (Å²) in [5.74, 6) is -2.89. The molecule has 0 saturated heterocycles. The summed E-state index contributed by atoms with van der Waals surface area (Å²) in [6.45, 7) is -0.589. The van der Waals surface area contributed by atoms with Crippen LogP contribution in [0.3, 0.4) is 0 Å². The summed E-state index contributed by atoms with van der Waals surface area (Å²) < 4.78 is 27.3. The Labute approximate surface area is 96.8 Å². The molecule has 0 amide bonds. The molecule has 17 heavy (non-hydrogen) atoms. The van der Waals surface area contributed by atoms with E-state index in [-0.39, 0.29) is 11.6 Å². The highest BCUT2D eigenvalue weighted by Crippen LogP contribution is 2.25. The number of hydrogen-bond acceptors (Lipinski definition) is 4. The molecule has 0 fully saturated rings. The largest absolute Gasteiger partial charge is 0.348 e. The number of nitrogens with zero attached hydrogens (tertiary/aromatic N) is 3. The maximum absolute atomic E-state index is 13.7. The van der Waals surface area contributed by atoms with E-state index in [9.17, 15) is 8.78 Å². The maximum Gasteiger partial charge on any atom is 0.306 e. The average molecular weight is 236 g/mol. The van der Waals surface area contributed by atoms with Crippen LogP contribution in [0.2, 0.25) is 0 Å². The average Bonchev–Trinajstić information content (AvgIpc) is 2.39. The summed E-state index contributed by atoms with van der Waals surface area (Å²) in [5, 5.41) is 2.47. The molecule has 2 heterocycles. The lowest BCUT2D eigenvalue weighted by molar-refractivity contribution is 0.00583. The highest BCUT2D eigenvalue weighted by Gasteiger charge is 2.32. The van der Waals surface area contributed by atoms with Gasteiger partial charge in [-0.3, -0.25) is 4.98 Å². The molecule has 1 N–H and O–H groups in total. The second-order valence-corrected chi connectivity index (χ2v) is 3.35. The minimum Gasteiger partial charge on any atom is -0.348 e. The van der Waals surface area contributed by atoms with Gasteiger partial charge in [0.1, 0.15) is 5.69 Å². The molecule has 0 radical (unpaired) electrons. The Bertz CT molecular complexity index is 461. The minimum atomic E-state index is -3.06. The van der Waals surface area contributed by atoms with Crippen LogP contribution in [0.4, 0.5) is 14.7 Å². The van der Waals surface area contributed by atoms with Gasteiger partial charge in [0.25, 0.3) is 0 Å². The summed E-state index contributed by atoms with van der Waals surface area (Å²) in [5.41, 5.74) is -0.275. The van der Waals surface area contributed by atoms with E-state index in [1.165, 1.54) is 30.7 Å². The van der Waals surface area contributed by atoms with Crippen LogP contribution in [0.5, 0.6) is 0 Å². The van der Waals surface area contributed by atoms with Crippen LogP contribution < -0.4 is 5.32 Å². The van der Waals surface area contributed by atoms with Gasteiger partial charge in [0.15, 0.2) is 0 Å². The maximum atomic E-state index is 13.7. The van der Waals surface area contributed by atoms with Crippen molar-refractivity contribution in [1.29, 1.82) is 0 Å². The highest BCUT2D eigenvalue weighted by atomic mass is 19.3. The van der Waals surface area contributed by atoms with Crippen LogP contribution in [-0.2, 0) is 5.92 Å². The van der Waals surface area contributed by atoms with Gasteiger partial charge >= 0.3 is 5.92 Å². The van der Waals surface area contributed by atoms with E-state index in [0.29, 0.717) is 0 Å². The molecule has 2 aromatic rings. The zero-order valence-corrected chi connectivity index (χ0v) is 8.85. The fraction of sp³-hybridized carbons (Fsp3) is 0.182. The van der Waals surface area contributed by atoms with Crippen LogP contribution in [0, 0.1) is 0 Å². The second kappa shape index (κ2) is 4.82. The van der Waals surface area contributed by atoms with Gasteiger partial charge in [-0.1, -0.05) is 6.07 Å². The smallest absolute Gasteiger partial charge is 0.306 e. The van der Waals surface area contributed by atoms with Crippen molar-refractivity contribution in [1.82, 2.24) is 15.0 Å². The van der Waals surface area contributed by atoms with Crippen LogP contribution >= 0.6 is 0 Å². The first-order valence-electron chi connectivity index (χ1n) is 4.99. The molecule has 0 unspecified atom stereocenters. The van der Waals surface area contributed by atoms with Crippen molar-refractivity contribution in [3.05, 3.63) is 48.5 Å². The third kappa shape index (κ3) is 2.93. The Hall–Kier alpha value is -2.11. The SMILES string of the molecule is FC(F)(CNc1ncccn1)c1ccccn1. The van der Waals surface area contributed by atoms with Crippen molar-refractivity contribution in [2.24, 2.45) is 0 Å². The molecule has 0 aliphatic carbocycles. The van der Waals surface area contributed by atoms with Crippen LogP contribution in [0.15, 0.2) is 42.9 Å². The summed E-state index contributed by atoms with van der Waals surface area (Å²) in [7, 11) is 0. The van der Waals surface area contributed by atoms with E-state index in [1.807, 2.05) is 0 Å². The molecule has 0 aliphatic heterocycles. The van der Waals surface area contributed by atoms with Gasteiger partial charge in [0, 0.05) is 18.6 Å². The minimum absolute atomic E-state index is 0.170. The number of pyridine rings is 1. The van der Waals surface area contributed by atoms with Crippen molar-refractivity contribution < 1.29 is 8.78 Å². The first kappa shape index (κ1) is 11.4. The summed E-state index contributed by atoms with van der Waals surface area (Å²) in [4.78, 5) is 11.2. The molecule has 0 bridgehead atoms. The number of rotatable bonds is 4. The lowest BCUT2D eigenvalue weighted by Crippen LogP contribution is -2.26. The monoisotopic (exact) mass is 236 g/mol. The normalized spacial score (nSPS) is 11.2. The topological polar surface area (TPSA) is 50.7 Å². The van der Waals surface area contributed by atoms with E-state index < -0.39 is 12.5 Å². The number of halogens is 2. The van der Waals surface area contributed by atoms with E-state index in [4.69, 9.17) is 0 Å². The van der Waals surface area contributed by atoms with Gasteiger partial charge in [-0.25, -0.2) is 9.97 Å². The molecule has 2 rings (SSSR count). The molecule has 2 aromatic heterocycles. The van der Waals surface area contributed by atoms with E-state index in [1.54, 1.807) is 12.1 Å². The second-order valence-electron chi connectivity index (χ2n) is 3.35. The Balaban J connectivity index is 2.03. The molecule has 0 aliphatic rings. The summed E-state index contributed by atoms with van der Waals surface area (Å²) in [6.07, 6.45) is 4.30. The molecule has 0 spiro atoms. The summed E-state index contributed by atoms with van der Waals surface area (Å²) in [6, 6.07) is 6.01. The van der Waals surface area contributed by atoms with E-state index in [0.717, 1.165) is 0 Å². The quantitative estimate of drug-likeness (QED) is 0.882. The molecular weight excluding hydrogens is 226 g/mol. The molecule has 4 nitrogen and oxygen atoms in total. The van der Waals surface area contributed by atoms with Gasteiger partial charge in [-0.15, -0.1) is 0 Å². The Morgan fingerprint density at radius 3 is 2.35 bits per heavy atom. The van der Waals surface area contributed by atoms with E-state index >= 15 is 0 Å². The van der Waals surface area contributed by atoms with Crippen LogP contribution in [0.1, 0.15) is 5.69 Å².